The van der Waals surface area contributed by atoms with Crippen molar-refractivity contribution >= 4 is 21.6 Å². The number of hydrogen-bond acceptors (Lipinski definition) is 5. The number of anilines is 1. The topological polar surface area (TPSA) is 79.0 Å². The Hall–Kier alpha value is -2.58. The summed E-state index contributed by atoms with van der Waals surface area (Å²) in [5, 5.41) is 3.14. The third-order valence-electron chi connectivity index (χ3n) is 7.07. The second-order valence-corrected chi connectivity index (χ2v) is 11.3. The second kappa shape index (κ2) is 10.4. The highest BCUT2D eigenvalue weighted by molar-refractivity contribution is 7.89. The molecule has 0 saturated carbocycles. The predicted molar refractivity (Wildman–Crippen MR) is 134 cm³/mol. The van der Waals surface area contributed by atoms with Crippen molar-refractivity contribution in [1.82, 2.24) is 9.62 Å². The molecule has 0 bridgehead atoms. The van der Waals surface area contributed by atoms with Crippen molar-refractivity contribution in [1.29, 1.82) is 0 Å². The van der Waals surface area contributed by atoms with Gasteiger partial charge in [0.1, 0.15) is 5.75 Å². The molecule has 2 aliphatic rings. The van der Waals surface area contributed by atoms with E-state index in [1.807, 2.05) is 26.0 Å². The van der Waals surface area contributed by atoms with E-state index >= 15 is 0 Å². The molecule has 0 aliphatic carbocycles. The summed E-state index contributed by atoms with van der Waals surface area (Å²) >= 11 is 0. The van der Waals surface area contributed by atoms with Gasteiger partial charge in [0, 0.05) is 43.0 Å². The van der Waals surface area contributed by atoms with Gasteiger partial charge < -0.3 is 15.0 Å². The second-order valence-electron chi connectivity index (χ2n) is 9.37. The van der Waals surface area contributed by atoms with E-state index in [1.165, 1.54) is 0 Å². The number of sulfonamides is 1. The molecule has 4 rings (SSSR count). The predicted octanol–water partition coefficient (Wildman–Crippen LogP) is 3.97. The van der Waals surface area contributed by atoms with Crippen LogP contribution in [0.3, 0.4) is 0 Å². The molecular formula is C26H35N3O4S. The van der Waals surface area contributed by atoms with Crippen LogP contribution in [0, 0.1) is 6.92 Å². The maximum atomic E-state index is 13.3. The average molecular weight is 486 g/mol. The Labute approximate surface area is 203 Å². The number of hydrogen-bond donors (Lipinski definition) is 1. The van der Waals surface area contributed by atoms with Crippen LogP contribution in [0.5, 0.6) is 5.75 Å². The molecule has 2 aromatic carbocycles. The Balaban J connectivity index is 1.41. The fourth-order valence-corrected chi connectivity index (χ4v) is 6.63. The van der Waals surface area contributed by atoms with Gasteiger partial charge in [0.2, 0.25) is 10.0 Å². The molecule has 2 aliphatic heterocycles. The van der Waals surface area contributed by atoms with Gasteiger partial charge in [-0.05, 0) is 81.5 Å². The van der Waals surface area contributed by atoms with Crippen LogP contribution in [0.15, 0.2) is 47.4 Å². The van der Waals surface area contributed by atoms with E-state index in [0.29, 0.717) is 12.1 Å². The molecule has 2 fully saturated rings. The number of carbonyl (C=O) groups excluding carboxylic acids is 1. The van der Waals surface area contributed by atoms with Gasteiger partial charge in [-0.3, -0.25) is 4.79 Å². The van der Waals surface area contributed by atoms with Gasteiger partial charge in [-0.2, -0.15) is 4.31 Å². The van der Waals surface area contributed by atoms with Crippen LogP contribution in [0.1, 0.15) is 54.9 Å². The lowest BCUT2D eigenvalue weighted by Gasteiger charge is -2.34. The van der Waals surface area contributed by atoms with Crippen molar-refractivity contribution in [3.63, 3.8) is 0 Å². The molecule has 2 aromatic rings. The highest BCUT2D eigenvalue weighted by atomic mass is 32.2. The van der Waals surface area contributed by atoms with E-state index in [-0.39, 0.29) is 22.9 Å². The van der Waals surface area contributed by atoms with Crippen LogP contribution < -0.4 is 15.0 Å². The number of rotatable bonds is 6. The van der Waals surface area contributed by atoms with E-state index in [9.17, 15) is 13.2 Å². The molecule has 184 valence electrons. The number of piperidine rings is 2. The number of amides is 1. The molecule has 2 heterocycles. The maximum absolute atomic E-state index is 13.3. The fourth-order valence-electron chi connectivity index (χ4n) is 4.91. The summed E-state index contributed by atoms with van der Waals surface area (Å²) in [4.78, 5) is 15.6. The van der Waals surface area contributed by atoms with Crippen LogP contribution in [0.2, 0.25) is 0 Å². The first kappa shape index (κ1) is 24.5. The number of methoxy groups -OCH3 is 1. The third kappa shape index (κ3) is 5.23. The van der Waals surface area contributed by atoms with Crippen molar-refractivity contribution in [3.8, 4) is 5.75 Å². The standard InChI is InChI=1S/C26H35N3O4S/c1-19-7-12-24(34(31,32)29-15-5-4-6-20(29)2)18-25(19)26(30)27-21-13-16-28(17-14-21)22-8-10-23(33-3)11-9-22/h7-12,18,20-21H,4-6,13-17H2,1-3H3,(H,27,30). The molecular weight excluding hydrogens is 450 g/mol. The lowest BCUT2D eigenvalue weighted by molar-refractivity contribution is 0.0930. The first-order chi connectivity index (χ1) is 16.3. The summed E-state index contributed by atoms with van der Waals surface area (Å²) in [5.74, 6) is 0.629. The highest BCUT2D eigenvalue weighted by Gasteiger charge is 2.32. The average Bonchev–Trinajstić information content (AvgIpc) is 2.85. The zero-order valence-electron chi connectivity index (χ0n) is 20.3. The summed E-state index contributed by atoms with van der Waals surface area (Å²) in [6.45, 7) is 6.03. The van der Waals surface area contributed by atoms with Gasteiger partial charge in [-0.15, -0.1) is 0 Å². The first-order valence-electron chi connectivity index (χ1n) is 12.1. The van der Waals surface area contributed by atoms with Crippen molar-refractivity contribution < 1.29 is 17.9 Å². The van der Waals surface area contributed by atoms with E-state index in [1.54, 1.807) is 29.6 Å². The summed E-state index contributed by atoms with van der Waals surface area (Å²) in [7, 11) is -1.97. The van der Waals surface area contributed by atoms with Crippen molar-refractivity contribution in [2.45, 2.75) is 62.9 Å². The summed E-state index contributed by atoms with van der Waals surface area (Å²) < 4.78 is 33.3. The molecule has 1 atom stereocenters. The minimum atomic E-state index is -3.62. The van der Waals surface area contributed by atoms with Gasteiger partial charge in [0.05, 0.1) is 12.0 Å². The number of ether oxygens (including phenoxy) is 1. The molecule has 7 nitrogen and oxygen atoms in total. The van der Waals surface area contributed by atoms with Gasteiger partial charge in [0.15, 0.2) is 0 Å². The largest absolute Gasteiger partial charge is 0.497 e. The number of benzene rings is 2. The number of aryl methyl sites for hydroxylation is 1. The smallest absolute Gasteiger partial charge is 0.251 e. The molecule has 8 heteroatoms. The van der Waals surface area contributed by atoms with E-state index in [0.717, 1.165) is 62.2 Å². The van der Waals surface area contributed by atoms with Crippen LogP contribution in [0.25, 0.3) is 0 Å². The fraction of sp³-hybridized carbons (Fsp3) is 0.500. The van der Waals surface area contributed by atoms with Crippen molar-refractivity contribution in [2.24, 2.45) is 0 Å². The number of nitrogens with zero attached hydrogens (tertiary/aromatic N) is 2. The van der Waals surface area contributed by atoms with Crippen molar-refractivity contribution in [2.75, 3.05) is 31.6 Å². The van der Waals surface area contributed by atoms with Crippen LogP contribution in [0.4, 0.5) is 5.69 Å². The summed E-state index contributed by atoms with van der Waals surface area (Å²) in [6.07, 6.45) is 4.46. The monoisotopic (exact) mass is 485 g/mol. The minimum absolute atomic E-state index is 0.0202. The number of nitrogens with one attached hydrogen (secondary N) is 1. The van der Waals surface area contributed by atoms with Crippen molar-refractivity contribution in [3.05, 3.63) is 53.6 Å². The molecule has 0 aromatic heterocycles. The summed E-state index contributed by atoms with van der Waals surface area (Å²) in [5.41, 5.74) is 2.36. The highest BCUT2D eigenvalue weighted by Crippen LogP contribution is 2.27. The molecule has 1 N–H and O–H groups in total. The number of carbonyl (C=O) groups is 1. The molecule has 1 amide bonds. The van der Waals surface area contributed by atoms with Gasteiger partial charge in [0.25, 0.3) is 5.91 Å². The molecule has 0 spiro atoms. The van der Waals surface area contributed by atoms with Crippen LogP contribution in [-0.4, -0.2) is 57.5 Å². The molecule has 2 saturated heterocycles. The molecule has 0 radical (unpaired) electrons. The minimum Gasteiger partial charge on any atom is -0.497 e. The van der Waals surface area contributed by atoms with E-state index < -0.39 is 10.0 Å². The van der Waals surface area contributed by atoms with E-state index in [4.69, 9.17) is 4.74 Å². The van der Waals surface area contributed by atoms with Gasteiger partial charge >= 0.3 is 0 Å². The zero-order valence-corrected chi connectivity index (χ0v) is 21.1. The maximum Gasteiger partial charge on any atom is 0.251 e. The quantitative estimate of drug-likeness (QED) is 0.670. The first-order valence-corrected chi connectivity index (χ1v) is 13.6. The Morgan fingerprint density at radius 1 is 1.00 bits per heavy atom. The van der Waals surface area contributed by atoms with Crippen LogP contribution >= 0.6 is 0 Å². The normalized spacial score (nSPS) is 20.2. The lowest BCUT2D eigenvalue weighted by atomic mass is 10.0. The SMILES string of the molecule is COc1ccc(N2CCC(NC(=O)c3cc(S(=O)(=O)N4CCCCC4C)ccc3C)CC2)cc1. The third-order valence-corrected chi connectivity index (χ3v) is 9.08. The van der Waals surface area contributed by atoms with E-state index in [2.05, 4.69) is 22.3 Å². The summed E-state index contributed by atoms with van der Waals surface area (Å²) in [6, 6.07) is 13.0. The Bertz CT molecular complexity index is 1110. The van der Waals surface area contributed by atoms with Crippen LogP contribution in [-0.2, 0) is 10.0 Å². The molecule has 1 unspecified atom stereocenters. The van der Waals surface area contributed by atoms with Gasteiger partial charge in [-0.25, -0.2) is 8.42 Å². The Morgan fingerprint density at radius 3 is 2.35 bits per heavy atom. The zero-order chi connectivity index (χ0) is 24.3. The Morgan fingerprint density at radius 2 is 1.71 bits per heavy atom. The molecule has 34 heavy (non-hydrogen) atoms. The van der Waals surface area contributed by atoms with Gasteiger partial charge in [-0.1, -0.05) is 12.5 Å². The lowest BCUT2D eigenvalue weighted by Crippen LogP contribution is -2.45. The Kier molecular flexibility index (Phi) is 7.48.